The maximum atomic E-state index is 11.9. The molecule has 0 heterocycles. The largest absolute Gasteiger partial charge is 0.462 e. The Hall–Kier alpha value is -2.40. The van der Waals surface area contributed by atoms with E-state index in [2.05, 4.69) is 34.9 Å². The normalized spacial score (nSPS) is 15.7. The molecule has 1 aliphatic carbocycles. The first-order chi connectivity index (χ1) is 12.6. The molecule has 0 saturated heterocycles. The number of ether oxygens (including phenoxy) is 1. The number of esters is 1. The number of nitrogens with one attached hydrogen (secondary N) is 2. The first-order valence-electron chi connectivity index (χ1n) is 9.01. The number of rotatable bonds is 4. The summed E-state index contributed by atoms with van der Waals surface area (Å²) in [6, 6.07) is 14.2. The Morgan fingerprint density at radius 3 is 2.88 bits per heavy atom. The summed E-state index contributed by atoms with van der Waals surface area (Å²) in [5.74, 6) is -0.323. The van der Waals surface area contributed by atoms with Gasteiger partial charge in [0.05, 0.1) is 18.2 Å². The van der Waals surface area contributed by atoms with Gasteiger partial charge in [0.1, 0.15) is 0 Å². The van der Waals surface area contributed by atoms with Crippen LogP contribution in [0, 0.1) is 6.92 Å². The molecule has 5 heteroatoms. The zero-order valence-electron chi connectivity index (χ0n) is 15.2. The molecule has 3 rings (SSSR count). The number of hydrogen-bond acceptors (Lipinski definition) is 3. The van der Waals surface area contributed by atoms with Crippen LogP contribution < -0.4 is 10.6 Å². The van der Waals surface area contributed by atoms with Crippen LogP contribution in [0.5, 0.6) is 0 Å². The summed E-state index contributed by atoms with van der Waals surface area (Å²) in [7, 11) is 0. The van der Waals surface area contributed by atoms with Crippen LogP contribution in [0.2, 0.25) is 0 Å². The second kappa shape index (κ2) is 8.32. The summed E-state index contributed by atoms with van der Waals surface area (Å²) in [5, 5.41) is 7.23. The highest BCUT2D eigenvalue weighted by atomic mass is 32.1. The molecule has 0 radical (unpaired) electrons. The number of carbonyl (C=O) groups excluding carboxylic acids is 1. The highest BCUT2D eigenvalue weighted by Gasteiger charge is 2.20. The van der Waals surface area contributed by atoms with Crippen molar-refractivity contribution in [3.8, 4) is 0 Å². The van der Waals surface area contributed by atoms with Crippen molar-refractivity contribution in [2.45, 2.75) is 39.2 Å². The summed E-state index contributed by atoms with van der Waals surface area (Å²) in [5.41, 5.74) is 5.06. The van der Waals surface area contributed by atoms with E-state index in [0.29, 0.717) is 17.3 Å². The van der Waals surface area contributed by atoms with E-state index in [4.69, 9.17) is 17.0 Å². The van der Waals surface area contributed by atoms with Gasteiger partial charge >= 0.3 is 5.97 Å². The Bertz CT molecular complexity index is 819. The first kappa shape index (κ1) is 18.4. The third-order valence-electron chi connectivity index (χ3n) is 4.67. The fourth-order valence-electron chi connectivity index (χ4n) is 3.32. The second-order valence-electron chi connectivity index (χ2n) is 6.49. The molecule has 1 aliphatic rings. The van der Waals surface area contributed by atoms with Gasteiger partial charge in [0.25, 0.3) is 0 Å². The fraction of sp³-hybridized carbons (Fsp3) is 0.333. The van der Waals surface area contributed by atoms with E-state index in [1.54, 1.807) is 19.1 Å². The molecular weight excluding hydrogens is 344 g/mol. The predicted molar refractivity (Wildman–Crippen MR) is 109 cm³/mol. The minimum Gasteiger partial charge on any atom is -0.462 e. The lowest BCUT2D eigenvalue weighted by Gasteiger charge is -2.27. The fourth-order valence-corrected chi connectivity index (χ4v) is 3.57. The van der Waals surface area contributed by atoms with Gasteiger partial charge in [-0.15, -0.1) is 0 Å². The summed E-state index contributed by atoms with van der Waals surface area (Å²) >= 11 is 5.53. The molecule has 1 atom stereocenters. The van der Waals surface area contributed by atoms with Crippen molar-refractivity contribution in [3.05, 3.63) is 64.7 Å². The molecule has 0 fully saturated rings. The van der Waals surface area contributed by atoms with Crippen LogP contribution in [-0.4, -0.2) is 17.7 Å². The lowest BCUT2D eigenvalue weighted by molar-refractivity contribution is 0.0526. The lowest BCUT2D eigenvalue weighted by atomic mass is 9.88. The molecule has 2 aromatic carbocycles. The number of aryl methyl sites for hydroxylation is 2. The van der Waals surface area contributed by atoms with Crippen molar-refractivity contribution in [3.63, 3.8) is 0 Å². The van der Waals surface area contributed by atoms with Gasteiger partial charge in [0.15, 0.2) is 5.11 Å². The number of thiocarbonyl (C=S) groups is 1. The molecule has 0 saturated carbocycles. The zero-order valence-corrected chi connectivity index (χ0v) is 16.0. The summed E-state index contributed by atoms with van der Waals surface area (Å²) in [6.07, 6.45) is 3.32. The van der Waals surface area contributed by atoms with Gasteiger partial charge < -0.3 is 15.4 Å². The van der Waals surface area contributed by atoms with Crippen LogP contribution in [0.4, 0.5) is 5.69 Å². The molecule has 0 spiro atoms. The van der Waals surface area contributed by atoms with Crippen molar-refractivity contribution in [1.29, 1.82) is 0 Å². The molecule has 2 aromatic rings. The maximum Gasteiger partial charge on any atom is 0.338 e. The SMILES string of the molecule is CCOC(=O)c1ccc(C)c(NC(=S)N[C@@H]2CCCc3ccccc32)c1. The van der Waals surface area contributed by atoms with Crippen molar-refractivity contribution in [2.75, 3.05) is 11.9 Å². The number of anilines is 1. The van der Waals surface area contributed by atoms with Gasteiger partial charge in [-0.3, -0.25) is 0 Å². The monoisotopic (exact) mass is 368 g/mol. The highest BCUT2D eigenvalue weighted by Crippen LogP contribution is 2.29. The number of benzene rings is 2. The van der Waals surface area contributed by atoms with Gasteiger partial charge in [-0.25, -0.2) is 4.79 Å². The van der Waals surface area contributed by atoms with Crippen molar-refractivity contribution < 1.29 is 9.53 Å². The smallest absolute Gasteiger partial charge is 0.338 e. The predicted octanol–water partition coefficient (Wildman–Crippen LogP) is 4.54. The minimum absolute atomic E-state index is 0.216. The van der Waals surface area contributed by atoms with Crippen molar-refractivity contribution in [2.24, 2.45) is 0 Å². The number of carbonyl (C=O) groups is 1. The van der Waals surface area contributed by atoms with Crippen molar-refractivity contribution in [1.82, 2.24) is 5.32 Å². The number of hydrogen-bond donors (Lipinski definition) is 2. The topological polar surface area (TPSA) is 50.4 Å². The average Bonchev–Trinajstić information content (AvgIpc) is 2.64. The van der Waals surface area contributed by atoms with Crippen molar-refractivity contribution >= 4 is 29.0 Å². The second-order valence-corrected chi connectivity index (χ2v) is 6.90. The van der Waals surface area contributed by atoms with Crippen LogP contribution in [0.1, 0.15) is 52.9 Å². The average molecular weight is 369 g/mol. The van der Waals surface area contributed by atoms with E-state index in [-0.39, 0.29) is 12.0 Å². The van der Waals surface area contributed by atoms with E-state index >= 15 is 0 Å². The third kappa shape index (κ3) is 4.22. The van der Waals surface area contributed by atoms with Gasteiger partial charge in [0, 0.05) is 5.69 Å². The van der Waals surface area contributed by atoms with E-state index in [1.165, 1.54) is 11.1 Å². The molecule has 0 unspecified atom stereocenters. The third-order valence-corrected chi connectivity index (χ3v) is 4.89. The zero-order chi connectivity index (χ0) is 18.5. The maximum absolute atomic E-state index is 11.9. The molecule has 136 valence electrons. The molecular formula is C21H24N2O2S. The molecule has 26 heavy (non-hydrogen) atoms. The van der Waals surface area contributed by atoms with Gasteiger partial charge in [-0.05, 0) is 74.2 Å². The quantitative estimate of drug-likeness (QED) is 0.613. The van der Waals surface area contributed by atoms with Gasteiger partial charge in [0.2, 0.25) is 0 Å². The Morgan fingerprint density at radius 1 is 1.27 bits per heavy atom. The van der Waals surface area contributed by atoms with Crippen LogP contribution in [0.25, 0.3) is 0 Å². The van der Waals surface area contributed by atoms with Crippen LogP contribution in [-0.2, 0) is 11.2 Å². The summed E-state index contributed by atoms with van der Waals surface area (Å²) in [4.78, 5) is 11.9. The van der Waals surface area contributed by atoms with E-state index in [1.807, 2.05) is 13.0 Å². The van der Waals surface area contributed by atoms with Crippen LogP contribution >= 0.6 is 12.2 Å². The van der Waals surface area contributed by atoms with Crippen LogP contribution in [0.15, 0.2) is 42.5 Å². The minimum atomic E-state index is -0.323. The van der Waals surface area contributed by atoms with E-state index in [9.17, 15) is 4.79 Å². The molecule has 0 amide bonds. The standard InChI is InChI=1S/C21H24N2O2S/c1-3-25-20(24)16-12-11-14(2)19(13-16)23-21(26)22-18-10-6-8-15-7-4-5-9-17(15)18/h4-5,7,9,11-13,18H,3,6,8,10H2,1-2H3,(H2,22,23,26)/t18-/m1/s1. The molecule has 0 aliphatic heterocycles. The van der Waals surface area contributed by atoms with E-state index in [0.717, 1.165) is 30.5 Å². The summed E-state index contributed by atoms with van der Waals surface area (Å²) < 4.78 is 5.07. The number of fused-ring (bicyclic) bond motifs is 1. The molecule has 2 N–H and O–H groups in total. The molecule has 4 nitrogen and oxygen atoms in total. The van der Waals surface area contributed by atoms with Gasteiger partial charge in [-0.1, -0.05) is 30.3 Å². The molecule has 0 aromatic heterocycles. The first-order valence-corrected chi connectivity index (χ1v) is 9.42. The Balaban J connectivity index is 1.71. The Labute approximate surface area is 160 Å². The summed E-state index contributed by atoms with van der Waals surface area (Å²) in [6.45, 7) is 4.14. The molecule has 0 bridgehead atoms. The van der Waals surface area contributed by atoms with Crippen LogP contribution in [0.3, 0.4) is 0 Å². The Morgan fingerprint density at radius 2 is 2.08 bits per heavy atom. The highest BCUT2D eigenvalue weighted by molar-refractivity contribution is 7.80. The van der Waals surface area contributed by atoms with Gasteiger partial charge in [-0.2, -0.15) is 0 Å². The van der Waals surface area contributed by atoms with E-state index < -0.39 is 0 Å². The Kier molecular flexibility index (Phi) is 5.89. The lowest BCUT2D eigenvalue weighted by Crippen LogP contribution is -2.34.